The molecule has 0 amide bonds. The minimum atomic E-state index is 0.116. The summed E-state index contributed by atoms with van der Waals surface area (Å²) in [6.45, 7) is 0.932. The van der Waals surface area contributed by atoms with E-state index < -0.39 is 0 Å². The van der Waals surface area contributed by atoms with Crippen molar-refractivity contribution in [2.24, 2.45) is 0 Å². The second kappa shape index (κ2) is 4.01. The second-order valence-electron chi connectivity index (χ2n) is 5.81. The molecule has 0 radical (unpaired) electrons. The summed E-state index contributed by atoms with van der Waals surface area (Å²) in [5.74, 6) is 0.932. The van der Waals surface area contributed by atoms with Crippen molar-refractivity contribution < 1.29 is 9.47 Å². The molecule has 19 heavy (non-hydrogen) atoms. The number of methoxy groups -OCH3 is 1. The van der Waals surface area contributed by atoms with Crippen LogP contribution in [0.4, 0.5) is 0 Å². The van der Waals surface area contributed by atoms with Crippen LogP contribution in [-0.4, -0.2) is 24.3 Å². The lowest BCUT2D eigenvalue weighted by Gasteiger charge is -2.32. The van der Waals surface area contributed by atoms with Gasteiger partial charge in [-0.05, 0) is 49.4 Å². The van der Waals surface area contributed by atoms with Gasteiger partial charge in [0.05, 0.1) is 12.7 Å². The maximum absolute atomic E-state index is 6.07. The van der Waals surface area contributed by atoms with Crippen LogP contribution in [0.2, 0.25) is 0 Å². The Kier molecular flexibility index (Phi) is 2.39. The molecular weight excluding hydrogens is 238 g/mol. The summed E-state index contributed by atoms with van der Waals surface area (Å²) in [6, 6.07) is 6.29. The van der Waals surface area contributed by atoms with Gasteiger partial charge in [0.15, 0.2) is 0 Å². The summed E-state index contributed by atoms with van der Waals surface area (Å²) >= 11 is 0. The number of benzene rings is 1. The van der Waals surface area contributed by atoms with E-state index in [1.807, 2.05) is 6.07 Å². The van der Waals surface area contributed by atoms with Crippen molar-refractivity contribution >= 4 is 10.9 Å². The van der Waals surface area contributed by atoms with Gasteiger partial charge in [-0.1, -0.05) is 0 Å². The molecule has 1 aromatic heterocycles. The number of ether oxygens (including phenoxy) is 2. The fourth-order valence-electron chi connectivity index (χ4n) is 3.68. The summed E-state index contributed by atoms with van der Waals surface area (Å²) in [6.07, 6.45) is 5.73. The van der Waals surface area contributed by atoms with Crippen LogP contribution >= 0.6 is 0 Å². The number of nitrogens with one attached hydrogen (secondary N) is 1. The van der Waals surface area contributed by atoms with Crippen molar-refractivity contribution in [1.82, 2.24) is 4.98 Å². The Hall–Kier alpha value is -1.48. The smallest absolute Gasteiger partial charge is 0.119 e. The van der Waals surface area contributed by atoms with Crippen LogP contribution in [0.3, 0.4) is 0 Å². The molecule has 2 aromatic rings. The second-order valence-corrected chi connectivity index (χ2v) is 5.81. The average molecular weight is 257 g/mol. The van der Waals surface area contributed by atoms with E-state index in [0.29, 0.717) is 0 Å². The molecule has 100 valence electrons. The zero-order valence-corrected chi connectivity index (χ0v) is 11.3. The third kappa shape index (κ3) is 1.68. The van der Waals surface area contributed by atoms with E-state index in [4.69, 9.17) is 9.47 Å². The van der Waals surface area contributed by atoms with Crippen molar-refractivity contribution in [2.45, 2.75) is 37.7 Å². The van der Waals surface area contributed by atoms with Gasteiger partial charge >= 0.3 is 0 Å². The maximum Gasteiger partial charge on any atom is 0.119 e. The van der Waals surface area contributed by atoms with Gasteiger partial charge in [0.1, 0.15) is 5.75 Å². The predicted octanol–water partition coefficient (Wildman–Crippen LogP) is 3.21. The molecule has 3 nitrogen and oxygen atoms in total. The molecule has 1 saturated heterocycles. The SMILES string of the molecule is COc1ccc2[nH]c3c(c2c1)CC1(CCCO1)CC3. The van der Waals surface area contributed by atoms with E-state index in [1.54, 1.807) is 7.11 Å². The van der Waals surface area contributed by atoms with Crippen molar-refractivity contribution in [1.29, 1.82) is 0 Å². The van der Waals surface area contributed by atoms with Crippen molar-refractivity contribution in [3.05, 3.63) is 29.5 Å². The average Bonchev–Trinajstić information content (AvgIpc) is 3.03. The first-order valence-electron chi connectivity index (χ1n) is 7.11. The highest BCUT2D eigenvalue weighted by Crippen LogP contribution is 2.41. The van der Waals surface area contributed by atoms with Crippen LogP contribution in [0.25, 0.3) is 10.9 Å². The number of aryl methyl sites for hydroxylation is 1. The minimum absolute atomic E-state index is 0.116. The van der Waals surface area contributed by atoms with Crippen LogP contribution in [0.5, 0.6) is 5.75 Å². The summed E-state index contributed by atoms with van der Waals surface area (Å²) < 4.78 is 11.4. The van der Waals surface area contributed by atoms with E-state index in [0.717, 1.165) is 31.6 Å². The molecule has 4 rings (SSSR count). The van der Waals surface area contributed by atoms with Gasteiger partial charge in [0.2, 0.25) is 0 Å². The van der Waals surface area contributed by atoms with E-state index in [1.165, 1.54) is 35.0 Å². The van der Waals surface area contributed by atoms with Gasteiger partial charge in [0, 0.05) is 29.6 Å². The van der Waals surface area contributed by atoms with Crippen molar-refractivity contribution in [3.8, 4) is 5.75 Å². The molecule has 1 aliphatic carbocycles. The zero-order chi connectivity index (χ0) is 12.9. The fraction of sp³-hybridized carbons (Fsp3) is 0.500. The maximum atomic E-state index is 6.07. The zero-order valence-electron chi connectivity index (χ0n) is 11.3. The predicted molar refractivity (Wildman–Crippen MR) is 74.8 cm³/mol. The van der Waals surface area contributed by atoms with Crippen LogP contribution in [0.15, 0.2) is 18.2 Å². The minimum Gasteiger partial charge on any atom is -0.497 e. The molecule has 1 fully saturated rings. The van der Waals surface area contributed by atoms with Crippen LogP contribution < -0.4 is 4.74 Å². The number of aromatic amines is 1. The number of hydrogen-bond donors (Lipinski definition) is 1. The lowest BCUT2D eigenvalue weighted by Crippen LogP contribution is -2.34. The number of fused-ring (bicyclic) bond motifs is 3. The summed E-state index contributed by atoms with van der Waals surface area (Å²) in [4.78, 5) is 3.56. The Bertz CT molecular complexity index is 623. The highest BCUT2D eigenvalue weighted by molar-refractivity contribution is 5.86. The lowest BCUT2D eigenvalue weighted by molar-refractivity contribution is -0.00647. The molecule has 0 bridgehead atoms. The van der Waals surface area contributed by atoms with E-state index in [-0.39, 0.29) is 5.60 Å². The van der Waals surface area contributed by atoms with Crippen LogP contribution in [0, 0.1) is 0 Å². The normalized spacial score (nSPS) is 25.9. The Morgan fingerprint density at radius 1 is 1.32 bits per heavy atom. The summed E-state index contributed by atoms with van der Waals surface area (Å²) in [7, 11) is 1.72. The summed E-state index contributed by atoms with van der Waals surface area (Å²) in [5.41, 5.74) is 4.18. The highest BCUT2D eigenvalue weighted by atomic mass is 16.5. The van der Waals surface area contributed by atoms with Gasteiger partial charge in [0.25, 0.3) is 0 Å². The quantitative estimate of drug-likeness (QED) is 0.851. The van der Waals surface area contributed by atoms with Crippen molar-refractivity contribution in [3.63, 3.8) is 0 Å². The molecular formula is C16H19NO2. The lowest BCUT2D eigenvalue weighted by atomic mass is 9.81. The van der Waals surface area contributed by atoms with E-state index in [2.05, 4.69) is 17.1 Å². The number of H-pyrrole nitrogens is 1. The summed E-state index contributed by atoms with van der Waals surface area (Å²) in [5, 5.41) is 1.31. The molecule has 1 spiro atoms. The first kappa shape index (κ1) is 11.4. The van der Waals surface area contributed by atoms with Crippen LogP contribution in [0.1, 0.15) is 30.5 Å². The number of rotatable bonds is 1. The number of hydrogen-bond acceptors (Lipinski definition) is 2. The molecule has 2 heterocycles. The molecule has 0 saturated carbocycles. The third-order valence-electron chi connectivity index (χ3n) is 4.72. The highest BCUT2D eigenvalue weighted by Gasteiger charge is 2.39. The van der Waals surface area contributed by atoms with E-state index in [9.17, 15) is 0 Å². The Morgan fingerprint density at radius 2 is 2.26 bits per heavy atom. The van der Waals surface area contributed by atoms with Gasteiger partial charge in [-0.2, -0.15) is 0 Å². The number of aromatic nitrogens is 1. The van der Waals surface area contributed by atoms with Gasteiger partial charge in [-0.15, -0.1) is 0 Å². The Balaban J connectivity index is 1.83. The topological polar surface area (TPSA) is 34.2 Å². The molecule has 3 heteroatoms. The van der Waals surface area contributed by atoms with Gasteiger partial charge in [-0.25, -0.2) is 0 Å². The molecule has 1 aliphatic heterocycles. The largest absolute Gasteiger partial charge is 0.497 e. The van der Waals surface area contributed by atoms with Crippen LogP contribution in [-0.2, 0) is 17.6 Å². The third-order valence-corrected chi connectivity index (χ3v) is 4.72. The van der Waals surface area contributed by atoms with Gasteiger partial charge < -0.3 is 14.5 Å². The Morgan fingerprint density at radius 3 is 3.05 bits per heavy atom. The Labute approximate surface area is 112 Å². The molecule has 1 atom stereocenters. The molecule has 1 aromatic carbocycles. The first-order valence-corrected chi connectivity index (χ1v) is 7.11. The first-order chi connectivity index (χ1) is 9.30. The molecule has 2 aliphatic rings. The van der Waals surface area contributed by atoms with E-state index >= 15 is 0 Å². The fourth-order valence-corrected chi connectivity index (χ4v) is 3.68. The standard InChI is InChI=1S/C16H19NO2/c1-18-11-3-4-14-12(9-11)13-10-16(6-2-8-19-16)7-5-15(13)17-14/h3-4,9,17H,2,5-8,10H2,1H3. The monoisotopic (exact) mass is 257 g/mol. The van der Waals surface area contributed by atoms with Crippen molar-refractivity contribution in [2.75, 3.05) is 13.7 Å². The van der Waals surface area contributed by atoms with Gasteiger partial charge in [-0.3, -0.25) is 0 Å². The molecule has 1 unspecified atom stereocenters. The molecule has 1 N–H and O–H groups in total.